The van der Waals surface area contributed by atoms with Crippen molar-refractivity contribution in [3.05, 3.63) is 29.3 Å². The molecular weight excluding hydrogens is 190 g/mol. The molecule has 14 heavy (non-hydrogen) atoms. The lowest BCUT2D eigenvalue weighted by Gasteiger charge is -2.11. The summed E-state index contributed by atoms with van der Waals surface area (Å²) >= 11 is 0. The van der Waals surface area contributed by atoms with Crippen LogP contribution in [0.5, 0.6) is 5.75 Å². The van der Waals surface area contributed by atoms with Crippen molar-refractivity contribution in [1.29, 1.82) is 0 Å². The van der Waals surface area contributed by atoms with Gasteiger partial charge in [0.25, 0.3) is 0 Å². The van der Waals surface area contributed by atoms with Crippen LogP contribution in [-0.2, 0) is 0 Å². The van der Waals surface area contributed by atoms with E-state index >= 15 is 0 Å². The van der Waals surface area contributed by atoms with Crippen molar-refractivity contribution in [2.24, 2.45) is 0 Å². The lowest BCUT2D eigenvalue weighted by molar-refractivity contribution is 0.112. The normalized spacial score (nSPS) is 10.4. The van der Waals surface area contributed by atoms with E-state index in [1.165, 1.54) is 0 Å². The molecule has 1 aromatic rings. The van der Waals surface area contributed by atoms with Crippen LogP contribution in [0.4, 0.5) is 8.78 Å². The van der Waals surface area contributed by atoms with Gasteiger partial charge >= 0.3 is 0 Å². The van der Waals surface area contributed by atoms with E-state index in [-0.39, 0.29) is 11.7 Å². The maximum absolute atomic E-state index is 13.1. The molecule has 0 aromatic heterocycles. The first-order valence-corrected chi connectivity index (χ1v) is 4.15. The maximum Gasteiger partial charge on any atom is 0.191 e. The van der Waals surface area contributed by atoms with Gasteiger partial charge < -0.3 is 4.74 Å². The number of rotatable bonds is 3. The van der Waals surface area contributed by atoms with Crippen LogP contribution in [-0.4, -0.2) is 12.4 Å². The topological polar surface area (TPSA) is 26.3 Å². The van der Waals surface area contributed by atoms with Gasteiger partial charge in [-0.15, -0.1) is 0 Å². The van der Waals surface area contributed by atoms with Crippen molar-refractivity contribution in [2.45, 2.75) is 20.0 Å². The van der Waals surface area contributed by atoms with Gasteiger partial charge in [-0.1, -0.05) is 0 Å². The number of halogens is 2. The Balaban J connectivity index is 3.11. The Bertz CT molecular complexity index is 325. The van der Waals surface area contributed by atoms with Crippen LogP contribution >= 0.6 is 0 Å². The molecule has 0 unspecified atom stereocenters. The Morgan fingerprint density at radius 1 is 1.29 bits per heavy atom. The summed E-state index contributed by atoms with van der Waals surface area (Å²) in [7, 11) is 0. The van der Waals surface area contributed by atoms with E-state index in [0.29, 0.717) is 6.29 Å². The number of benzene rings is 1. The van der Waals surface area contributed by atoms with Crippen LogP contribution < -0.4 is 4.74 Å². The fourth-order valence-electron chi connectivity index (χ4n) is 0.996. The average Bonchev–Trinajstić information content (AvgIpc) is 2.10. The molecule has 0 fully saturated rings. The van der Waals surface area contributed by atoms with Crippen molar-refractivity contribution in [3.8, 4) is 5.75 Å². The van der Waals surface area contributed by atoms with Gasteiger partial charge in [-0.3, -0.25) is 4.79 Å². The quantitative estimate of drug-likeness (QED) is 0.701. The molecule has 1 rings (SSSR count). The van der Waals surface area contributed by atoms with Crippen molar-refractivity contribution in [1.82, 2.24) is 0 Å². The van der Waals surface area contributed by atoms with E-state index in [0.717, 1.165) is 12.1 Å². The van der Waals surface area contributed by atoms with Gasteiger partial charge in [0.05, 0.1) is 6.10 Å². The van der Waals surface area contributed by atoms with Crippen LogP contribution in [0.1, 0.15) is 24.2 Å². The highest BCUT2D eigenvalue weighted by Gasteiger charge is 2.13. The predicted molar refractivity (Wildman–Crippen MR) is 47.5 cm³/mol. The van der Waals surface area contributed by atoms with Crippen LogP contribution in [0, 0.1) is 11.6 Å². The summed E-state index contributed by atoms with van der Waals surface area (Å²) in [5, 5.41) is 0. The summed E-state index contributed by atoms with van der Waals surface area (Å²) in [4.78, 5) is 10.3. The second kappa shape index (κ2) is 4.17. The minimum absolute atomic E-state index is 0.0453. The number of carbonyl (C=O) groups excluding carboxylic acids is 1. The fourth-order valence-corrected chi connectivity index (χ4v) is 0.996. The second-order valence-electron chi connectivity index (χ2n) is 3.10. The van der Waals surface area contributed by atoms with E-state index in [9.17, 15) is 13.6 Å². The number of aldehydes is 1. The molecule has 0 atom stereocenters. The molecule has 4 heteroatoms. The van der Waals surface area contributed by atoms with Gasteiger partial charge in [-0.05, 0) is 26.0 Å². The molecule has 0 aliphatic carbocycles. The molecule has 0 aliphatic heterocycles. The largest absolute Gasteiger partial charge is 0.485 e. The van der Waals surface area contributed by atoms with Crippen LogP contribution in [0.3, 0.4) is 0 Å². The number of ether oxygens (including phenoxy) is 1. The van der Waals surface area contributed by atoms with E-state index in [4.69, 9.17) is 4.74 Å². The molecular formula is C10H10F2O2. The highest BCUT2D eigenvalue weighted by atomic mass is 19.1. The van der Waals surface area contributed by atoms with Gasteiger partial charge in [-0.25, -0.2) is 8.78 Å². The van der Waals surface area contributed by atoms with Gasteiger partial charge in [-0.2, -0.15) is 0 Å². The van der Waals surface area contributed by atoms with E-state index in [1.807, 2.05) is 0 Å². The third-order valence-corrected chi connectivity index (χ3v) is 1.51. The van der Waals surface area contributed by atoms with Gasteiger partial charge in [0.15, 0.2) is 17.4 Å². The molecule has 2 nitrogen and oxygen atoms in total. The van der Waals surface area contributed by atoms with Gasteiger partial charge in [0, 0.05) is 5.56 Å². The van der Waals surface area contributed by atoms with Gasteiger partial charge in [0.2, 0.25) is 0 Å². The predicted octanol–water partition coefficient (Wildman–Crippen LogP) is 2.56. The Hall–Kier alpha value is -1.45. The lowest BCUT2D eigenvalue weighted by Crippen LogP contribution is -2.09. The van der Waals surface area contributed by atoms with Crippen molar-refractivity contribution in [2.75, 3.05) is 0 Å². The maximum atomic E-state index is 13.1. The highest BCUT2D eigenvalue weighted by molar-refractivity contribution is 5.75. The Labute approximate surface area is 80.5 Å². The monoisotopic (exact) mass is 200 g/mol. The van der Waals surface area contributed by atoms with Gasteiger partial charge in [0.1, 0.15) is 6.29 Å². The van der Waals surface area contributed by atoms with E-state index in [2.05, 4.69) is 0 Å². The molecule has 0 saturated carbocycles. The van der Waals surface area contributed by atoms with Crippen LogP contribution in [0.2, 0.25) is 0 Å². The van der Waals surface area contributed by atoms with Crippen molar-refractivity contribution < 1.29 is 18.3 Å². The highest BCUT2D eigenvalue weighted by Crippen LogP contribution is 2.23. The molecule has 1 aromatic carbocycles. The minimum Gasteiger partial charge on any atom is -0.485 e. The summed E-state index contributed by atoms with van der Waals surface area (Å²) in [5.41, 5.74) is -0.0453. The van der Waals surface area contributed by atoms with Crippen LogP contribution in [0.15, 0.2) is 12.1 Å². The van der Waals surface area contributed by atoms with E-state index < -0.39 is 17.4 Å². The number of hydrogen-bond donors (Lipinski definition) is 0. The van der Waals surface area contributed by atoms with Crippen molar-refractivity contribution in [3.63, 3.8) is 0 Å². The van der Waals surface area contributed by atoms with Crippen molar-refractivity contribution >= 4 is 6.29 Å². The number of hydrogen-bond acceptors (Lipinski definition) is 2. The average molecular weight is 200 g/mol. The zero-order valence-electron chi connectivity index (χ0n) is 7.88. The number of carbonyl (C=O) groups is 1. The zero-order chi connectivity index (χ0) is 10.7. The zero-order valence-corrected chi connectivity index (χ0v) is 7.88. The van der Waals surface area contributed by atoms with E-state index in [1.54, 1.807) is 13.8 Å². The molecule has 0 spiro atoms. The third-order valence-electron chi connectivity index (χ3n) is 1.51. The summed E-state index contributed by atoms with van der Waals surface area (Å²) < 4.78 is 31.2. The Kier molecular flexibility index (Phi) is 3.17. The third kappa shape index (κ3) is 2.28. The van der Waals surface area contributed by atoms with Crippen LogP contribution in [0.25, 0.3) is 0 Å². The SMILES string of the molecule is CC(C)Oc1c(F)cc(C=O)cc1F. The molecule has 0 amide bonds. The molecule has 76 valence electrons. The molecule has 0 radical (unpaired) electrons. The summed E-state index contributed by atoms with van der Waals surface area (Å²) in [6.07, 6.45) is 0.0618. The molecule has 0 bridgehead atoms. The molecule has 0 saturated heterocycles. The first-order valence-electron chi connectivity index (χ1n) is 4.15. The molecule has 0 aliphatic rings. The fraction of sp³-hybridized carbons (Fsp3) is 0.300. The summed E-state index contributed by atoms with van der Waals surface area (Å²) in [6, 6.07) is 1.88. The summed E-state index contributed by atoms with van der Waals surface area (Å²) in [5.74, 6) is -2.16. The lowest BCUT2D eigenvalue weighted by atomic mass is 10.2. The molecule has 0 heterocycles. The minimum atomic E-state index is -0.860. The second-order valence-corrected chi connectivity index (χ2v) is 3.10. The Morgan fingerprint density at radius 3 is 2.14 bits per heavy atom. The molecule has 0 N–H and O–H groups in total. The Morgan fingerprint density at radius 2 is 1.79 bits per heavy atom. The first-order chi connectivity index (χ1) is 6.54. The summed E-state index contributed by atoms with van der Waals surface area (Å²) in [6.45, 7) is 3.32. The smallest absolute Gasteiger partial charge is 0.191 e. The first kappa shape index (κ1) is 10.6. The standard InChI is InChI=1S/C10H10F2O2/c1-6(2)14-10-8(11)3-7(5-13)4-9(10)12/h3-6H,1-2H3.